The van der Waals surface area contributed by atoms with Crippen molar-refractivity contribution in [1.29, 1.82) is 5.41 Å². The van der Waals surface area contributed by atoms with E-state index in [0.717, 1.165) is 17.7 Å². The molecule has 2 aromatic rings. The minimum absolute atomic E-state index is 0.0417. The van der Waals surface area contributed by atoms with E-state index >= 15 is 0 Å². The van der Waals surface area contributed by atoms with Crippen molar-refractivity contribution in [3.8, 4) is 17.1 Å². The van der Waals surface area contributed by atoms with E-state index < -0.39 is 10.8 Å². The quantitative estimate of drug-likeness (QED) is 0.237. The average molecular weight is 500 g/mol. The predicted octanol–water partition coefficient (Wildman–Crippen LogP) is 5.22. The first-order chi connectivity index (χ1) is 16.3. The molecule has 2 aliphatic rings. The monoisotopic (exact) mass is 499 g/mol. The highest BCUT2D eigenvalue weighted by molar-refractivity contribution is 8.19. The van der Waals surface area contributed by atoms with E-state index in [0.29, 0.717) is 28.6 Å². The first-order valence-corrected chi connectivity index (χ1v) is 12.2. The van der Waals surface area contributed by atoms with Crippen molar-refractivity contribution in [2.24, 2.45) is 15.3 Å². The van der Waals surface area contributed by atoms with Gasteiger partial charge in [-0.25, -0.2) is 4.90 Å². The van der Waals surface area contributed by atoms with E-state index in [2.05, 4.69) is 23.2 Å². The van der Waals surface area contributed by atoms with Crippen LogP contribution in [0.25, 0.3) is 17.4 Å². The summed E-state index contributed by atoms with van der Waals surface area (Å²) < 4.78 is 15.5. The van der Waals surface area contributed by atoms with Gasteiger partial charge in [-0.3, -0.25) is 20.3 Å². The molecule has 0 atom stereocenters. The van der Waals surface area contributed by atoms with Gasteiger partial charge in [0.25, 0.3) is 11.6 Å². The van der Waals surface area contributed by atoms with Crippen LogP contribution in [0.2, 0.25) is 0 Å². The number of aliphatic imine (C=N–C) groups is 1. The smallest absolute Gasteiger partial charge is 0.284 e. The Kier molecular flexibility index (Phi) is 6.89. The third-order valence-electron chi connectivity index (χ3n) is 4.70. The fourth-order valence-corrected chi connectivity index (χ4v) is 4.98. The molecule has 0 unspecified atom stereocenters. The fourth-order valence-electron chi connectivity index (χ4n) is 3.18. The molecule has 0 saturated carbocycles. The molecular weight excluding hydrogens is 478 g/mol. The Labute approximate surface area is 204 Å². The number of hydrogen-bond acceptors (Lipinski definition) is 9. The standard InChI is InChI=1S/C22H21N5O5S2/c1-4-31-13-5-7-15(17(10-13)27(29)30)18-8-6-14(32-18)9-16-19(23)26-21(24-20(16)28)34-25-22(26)33-11-12(2)3/h5-10,12,23H,4,11H2,1-3H3/b16-9-,23-19?. The van der Waals surface area contributed by atoms with Gasteiger partial charge in [-0.1, -0.05) is 25.6 Å². The molecule has 0 fully saturated rings. The fraction of sp³-hybridized carbons (Fsp3) is 0.273. The van der Waals surface area contributed by atoms with Gasteiger partial charge in [0, 0.05) is 5.75 Å². The van der Waals surface area contributed by atoms with Crippen LogP contribution < -0.4 is 4.74 Å². The molecule has 1 aromatic carbocycles. The number of nitrogens with zero attached hydrogens (tertiary/aromatic N) is 4. The van der Waals surface area contributed by atoms with Crippen LogP contribution in [0.1, 0.15) is 26.5 Å². The van der Waals surface area contributed by atoms with E-state index in [1.165, 1.54) is 23.9 Å². The van der Waals surface area contributed by atoms with Crippen molar-refractivity contribution in [2.45, 2.75) is 20.8 Å². The summed E-state index contributed by atoms with van der Waals surface area (Å²) in [5.41, 5.74) is 0.164. The minimum atomic E-state index is -0.570. The Morgan fingerprint density at radius 2 is 2.15 bits per heavy atom. The molecule has 4 rings (SSSR count). The van der Waals surface area contributed by atoms with Gasteiger partial charge in [0.2, 0.25) is 5.17 Å². The van der Waals surface area contributed by atoms with Gasteiger partial charge < -0.3 is 9.15 Å². The summed E-state index contributed by atoms with van der Waals surface area (Å²) in [5.74, 6) is 1.54. The molecular formula is C22H21N5O5S2. The lowest BCUT2D eigenvalue weighted by molar-refractivity contribution is -0.384. The SMILES string of the molecule is CCOc1ccc(-c2ccc(/C=C3/C(=N)N4C(SCC(C)C)=NSC4=NC3=O)o2)c([N+](=O)[O-])c1. The zero-order valence-corrected chi connectivity index (χ0v) is 20.2. The second-order valence-corrected chi connectivity index (χ2v) is 9.40. The highest BCUT2D eigenvalue weighted by Crippen LogP contribution is 2.36. The van der Waals surface area contributed by atoms with Gasteiger partial charge in [-0.15, -0.1) is 0 Å². The van der Waals surface area contributed by atoms with Gasteiger partial charge in [0.1, 0.15) is 23.1 Å². The number of rotatable bonds is 7. The summed E-state index contributed by atoms with van der Waals surface area (Å²) in [7, 11) is 0. The van der Waals surface area contributed by atoms with E-state index in [-0.39, 0.29) is 34.2 Å². The highest BCUT2D eigenvalue weighted by Gasteiger charge is 2.37. The second-order valence-electron chi connectivity index (χ2n) is 7.68. The van der Waals surface area contributed by atoms with E-state index in [1.54, 1.807) is 36.1 Å². The first-order valence-electron chi connectivity index (χ1n) is 10.4. The number of benzene rings is 1. The Bertz CT molecular complexity index is 1260. The molecule has 2 aliphatic heterocycles. The maximum absolute atomic E-state index is 12.6. The van der Waals surface area contributed by atoms with Crippen molar-refractivity contribution in [2.75, 3.05) is 12.4 Å². The van der Waals surface area contributed by atoms with Crippen molar-refractivity contribution in [3.05, 3.63) is 51.8 Å². The number of nitro benzene ring substituents is 1. The highest BCUT2D eigenvalue weighted by atomic mass is 32.2. The van der Waals surface area contributed by atoms with Gasteiger partial charge in [0.05, 0.1) is 40.7 Å². The van der Waals surface area contributed by atoms with Crippen molar-refractivity contribution in [1.82, 2.24) is 4.90 Å². The van der Waals surface area contributed by atoms with Crippen LogP contribution >= 0.6 is 23.7 Å². The summed E-state index contributed by atoms with van der Waals surface area (Å²) in [6, 6.07) is 7.70. The van der Waals surface area contributed by atoms with Crippen LogP contribution in [0.4, 0.5) is 5.69 Å². The normalized spacial score (nSPS) is 16.7. The Morgan fingerprint density at radius 3 is 2.85 bits per heavy atom. The number of hydrogen-bond donors (Lipinski definition) is 1. The van der Waals surface area contributed by atoms with E-state index in [4.69, 9.17) is 14.6 Å². The summed E-state index contributed by atoms with van der Waals surface area (Å²) in [6.07, 6.45) is 1.42. The Morgan fingerprint density at radius 1 is 1.35 bits per heavy atom. The van der Waals surface area contributed by atoms with Crippen LogP contribution in [0.15, 0.2) is 49.7 Å². The van der Waals surface area contributed by atoms with Crippen LogP contribution in [-0.2, 0) is 4.79 Å². The third kappa shape index (κ3) is 4.77. The largest absolute Gasteiger partial charge is 0.494 e. The molecule has 0 saturated heterocycles. The molecule has 10 nitrogen and oxygen atoms in total. The maximum atomic E-state index is 12.6. The lowest BCUT2D eigenvalue weighted by Gasteiger charge is -2.24. The van der Waals surface area contributed by atoms with Crippen LogP contribution in [0.3, 0.4) is 0 Å². The summed E-state index contributed by atoms with van der Waals surface area (Å²) in [4.78, 5) is 29.3. The molecule has 0 aliphatic carbocycles. The van der Waals surface area contributed by atoms with Crippen molar-refractivity contribution < 1.29 is 18.9 Å². The third-order valence-corrected chi connectivity index (χ3v) is 6.88. The maximum Gasteiger partial charge on any atom is 0.284 e. The molecule has 1 amide bonds. The van der Waals surface area contributed by atoms with Crippen LogP contribution in [0.5, 0.6) is 5.75 Å². The number of amides is 1. The predicted molar refractivity (Wildman–Crippen MR) is 134 cm³/mol. The number of carbonyl (C=O) groups is 1. The number of fused-ring (bicyclic) bond motifs is 1. The lowest BCUT2D eigenvalue weighted by atomic mass is 10.1. The second kappa shape index (κ2) is 9.85. The molecule has 1 N–H and O–H groups in total. The lowest BCUT2D eigenvalue weighted by Crippen LogP contribution is -2.41. The Hall–Kier alpha value is -3.38. The van der Waals surface area contributed by atoms with Crippen molar-refractivity contribution in [3.63, 3.8) is 0 Å². The zero-order valence-electron chi connectivity index (χ0n) is 18.6. The van der Waals surface area contributed by atoms with Crippen LogP contribution in [-0.4, -0.2) is 44.3 Å². The number of carbonyl (C=O) groups excluding carboxylic acids is 1. The molecule has 176 valence electrons. The molecule has 3 heterocycles. The van der Waals surface area contributed by atoms with Gasteiger partial charge in [-0.2, -0.15) is 9.39 Å². The molecule has 0 radical (unpaired) electrons. The van der Waals surface area contributed by atoms with E-state index in [1.807, 2.05) is 0 Å². The average Bonchev–Trinajstić information content (AvgIpc) is 3.42. The minimum Gasteiger partial charge on any atom is -0.494 e. The molecule has 0 bridgehead atoms. The summed E-state index contributed by atoms with van der Waals surface area (Å²) in [6.45, 7) is 6.35. The Balaban J connectivity index is 1.63. The number of thioether (sulfide) groups is 1. The molecule has 1 aromatic heterocycles. The summed E-state index contributed by atoms with van der Waals surface area (Å²) >= 11 is 2.57. The van der Waals surface area contributed by atoms with Gasteiger partial charge in [-0.05, 0) is 43.2 Å². The summed E-state index contributed by atoms with van der Waals surface area (Å²) in [5, 5.41) is 21.1. The number of nitrogens with one attached hydrogen (secondary N) is 1. The number of nitro groups is 1. The van der Waals surface area contributed by atoms with Gasteiger partial charge >= 0.3 is 0 Å². The van der Waals surface area contributed by atoms with Crippen molar-refractivity contribution >= 4 is 57.6 Å². The first kappa shape index (κ1) is 23.8. The number of amidine groups is 3. The number of furan rings is 1. The molecule has 34 heavy (non-hydrogen) atoms. The van der Waals surface area contributed by atoms with E-state index in [9.17, 15) is 14.9 Å². The topological polar surface area (TPSA) is 134 Å². The molecule has 0 spiro atoms. The zero-order chi connectivity index (χ0) is 24.4. The van der Waals surface area contributed by atoms with Gasteiger partial charge in [0.15, 0.2) is 5.17 Å². The van der Waals surface area contributed by atoms with Crippen LogP contribution in [0, 0.1) is 21.4 Å². The number of ether oxygens (including phenoxy) is 1. The molecule has 12 heteroatoms.